The Kier molecular flexibility index (Phi) is 5.82. The Morgan fingerprint density at radius 2 is 2.29 bits per heavy atom. The zero-order valence-electron chi connectivity index (χ0n) is 13.9. The number of urea groups is 1. The van der Waals surface area contributed by atoms with Crippen LogP contribution in [0.15, 0.2) is 42.0 Å². The summed E-state index contributed by atoms with van der Waals surface area (Å²) in [5, 5.41) is 8.07. The normalized spacial score (nSPS) is 21.4. The molecule has 1 aliphatic heterocycles. The molecule has 0 radical (unpaired) electrons. The van der Waals surface area contributed by atoms with E-state index in [1.54, 1.807) is 23.7 Å². The first-order valence-electron chi connectivity index (χ1n) is 8.38. The molecule has 1 fully saturated rings. The number of aromatic nitrogens is 1. The van der Waals surface area contributed by atoms with Gasteiger partial charge in [-0.3, -0.25) is 9.88 Å². The van der Waals surface area contributed by atoms with Gasteiger partial charge < -0.3 is 10.6 Å². The van der Waals surface area contributed by atoms with Crippen LogP contribution in [0.1, 0.15) is 29.3 Å². The second-order valence-electron chi connectivity index (χ2n) is 6.27. The summed E-state index contributed by atoms with van der Waals surface area (Å²) in [7, 11) is 2.18. The molecule has 3 rings (SSSR count). The zero-order valence-corrected chi connectivity index (χ0v) is 14.8. The van der Waals surface area contributed by atoms with Crippen LogP contribution in [0.3, 0.4) is 0 Å². The zero-order chi connectivity index (χ0) is 16.8. The van der Waals surface area contributed by atoms with Gasteiger partial charge in [0, 0.05) is 36.4 Å². The number of nitrogens with zero attached hydrogens (tertiary/aromatic N) is 2. The third-order valence-corrected chi connectivity index (χ3v) is 5.49. The fourth-order valence-corrected chi connectivity index (χ4v) is 4.34. The lowest BCUT2D eigenvalue weighted by Crippen LogP contribution is -2.44. The largest absolute Gasteiger partial charge is 0.338 e. The number of pyridine rings is 1. The van der Waals surface area contributed by atoms with Crippen molar-refractivity contribution in [1.29, 1.82) is 0 Å². The van der Waals surface area contributed by atoms with E-state index in [2.05, 4.69) is 45.1 Å². The Hall–Kier alpha value is -1.92. The molecule has 1 aliphatic rings. The molecule has 6 heteroatoms. The first-order chi connectivity index (χ1) is 11.7. The average Bonchev–Trinajstić information content (AvgIpc) is 3.13. The quantitative estimate of drug-likeness (QED) is 0.876. The first kappa shape index (κ1) is 16.9. The minimum absolute atomic E-state index is 0.114. The number of hydrogen-bond donors (Lipinski definition) is 2. The molecule has 3 heterocycles. The molecule has 0 spiro atoms. The number of carbonyl (C=O) groups is 1. The molecule has 24 heavy (non-hydrogen) atoms. The van der Waals surface area contributed by atoms with Crippen molar-refractivity contribution < 1.29 is 4.79 Å². The number of hydrogen-bond acceptors (Lipinski definition) is 4. The third kappa shape index (κ3) is 4.33. The van der Waals surface area contributed by atoms with Crippen LogP contribution in [0, 0.1) is 5.92 Å². The summed E-state index contributed by atoms with van der Waals surface area (Å²) >= 11 is 1.80. The van der Waals surface area contributed by atoms with E-state index in [1.807, 2.05) is 12.1 Å². The van der Waals surface area contributed by atoms with E-state index in [4.69, 9.17) is 0 Å². The molecule has 2 atom stereocenters. The first-order valence-corrected chi connectivity index (χ1v) is 9.26. The van der Waals surface area contributed by atoms with Crippen molar-refractivity contribution in [3.8, 4) is 0 Å². The topological polar surface area (TPSA) is 57.3 Å². The van der Waals surface area contributed by atoms with E-state index in [0.717, 1.165) is 18.5 Å². The highest BCUT2D eigenvalue weighted by molar-refractivity contribution is 7.10. The number of nitrogens with one attached hydrogen (secondary N) is 2. The van der Waals surface area contributed by atoms with Crippen LogP contribution >= 0.6 is 11.3 Å². The van der Waals surface area contributed by atoms with E-state index >= 15 is 0 Å². The van der Waals surface area contributed by atoms with Crippen molar-refractivity contribution in [2.24, 2.45) is 5.92 Å². The molecule has 0 saturated carbocycles. The molecule has 2 N–H and O–H groups in total. The van der Waals surface area contributed by atoms with Gasteiger partial charge in [-0.15, -0.1) is 11.3 Å². The summed E-state index contributed by atoms with van der Waals surface area (Å²) < 4.78 is 0. The number of amides is 2. The van der Waals surface area contributed by atoms with E-state index < -0.39 is 0 Å². The van der Waals surface area contributed by atoms with E-state index in [-0.39, 0.29) is 6.03 Å². The highest BCUT2D eigenvalue weighted by Gasteiger charge is 2.31. The number of thiophene rings is 1. The van der Waals surface area contributed by atoms with E-state index in [0.29, 0.717) is 25.0 Å². The van der Waals surface area contributed by atoms with Gasteiger partial charge in [-0.25, -0.2) is 4.79 Å². The molecule has 2 aromatic heterocycles. The van der Waals surface area contributed by atoms with Crippen molar-refractivity contribution in [2.75, 3.05) is 20.1 Å². The summed E-state index contributed by atoms with van der Waals surface area (Å²) in [6.07, 6.45) is 5.83. The Bertz CT molecular complexity index is 632. The third-order valence-electron chi connectivity index (χ3n) is 4.54. The van der Waals surface area contributed by atoms with Crippen LogP contribution in [0.2, 0.25) is 0 Å². The van der Waals surface area contributed by atoms with Gasteiger partial charge in [-0.05, 0) is 55.4 Å². The molecule has 1 saturated heterocycles. The monoisotopic (exact) mass is 344 g/mol. The van der Waals surface area contributed by atoms with Gasteiger partial charge in [0.05, 0.1) is 0 Å². The fourth-order valence-electron chi connectivity index (χ4n) is 3.35. The van der Waals surface area contributed by atoms with Crippen molar-refractivity contribution in [3.05, 3.63) is 52.5 Å². The van der Waals surface area contributed by atoms with Crippen molar-refractivity contribution in [3.63, 3.8) is 0 Å². The van der Waals surface area contributed by atoms with E-state index in [1.165, 1.54) is 11.3 Å². The average molecular weight is 344 g/mol. The molecule has 0 bridgehead atoms. The van der Waals surface area contributed by atoms with Crippen LogP contribution in [-0.2, 0) is 6.54 Å². The molecule has 0 aromatic carbocycles. The smallest absolute Gasteiger partial charge is 0.315 e. The van der Waals surface area contributed by atoms with Crippen molar-refractivity contribution >= 4 is 17.4 Å². The number of piperidine rings is 1. The number of carbonyl (C=O) groups excluding carboxylic acids is 1. The maximum Gasteiger partial charge on any atom is 0.315 e. The molecule has 0 unspecified atom stereocenters. The van der Waals surface area contributed by atoms with Crippen molar-refractivity contribution in [1.82, 2.24) is 20.5 Å². The standard InChI is InChI=1S/C18H24N4OS/c1-22-9-3-6-15(17(22)16-7-4-10-24-16)13-21-18(23)20-12-14-5-2-8-19-11-14/h2,4-5,7-8,10-11,15,17H,3,6,9,12-13H2,1H3,(H2,20,21,23)/t15-,17-/m1/s1. The van der Waals surface area contributed by atoms with Crippen molar-refractivity contribution in [2.45, 2.75) is 25.4 Å². The summed E-state index contributed by atoms with van der Waals surface area (Å²) in [4.78, 5) is 19.9. The van der Waals surface area contributed by atoms with Crippen LogP contribution in [-0.4, -0.2) is 36.1 Å². The second-order valence-corrected chi connectivity index (χ2v) is 7.25. The summed E-state index contributed by atoms with van der Waals surface area (Å²) in [6.45, 7) is 2.32. The minimum Gasteiger partial charge on any atom is -0.338 e. The SMILES string of the molecule is CN1CCC[C@H](CNC(=O)NCc2cccnc2)[C@@H]1c1cccs1. The summed E-state index contributed by atoms with van der Waals surface area (Å²) in [5.41, 5.74) is 1.00. The van der Waals surface area contributed by atoms with Crippen LogP contribution in [0.4, 0.5) is 4.79 Å². The van der Waals surface area contributed by atoms with Gasteiger partial charge >= 0.3 is 6.03 Å². The highest BCUT2D eigenvalue weighted by atomic mass is 32.1. The Labute approximate surface area is 147 Å². The van der Waals surface area contributed by atoms with Gasteiger partial charge in [0.15, 0.2) is 0 Å². The Morgan fingerprint density at radius 3 is 3.04 bits per heavy atom. The van der Waals surface area contributed by atoms with E-state index in [9.17, 15) is 4.79 Å². The van der Waals surface area contributed by atoms with Gasteiger partial charge in [-0.2, -0.15) is 0 Å². The molecule has 2 aromatic rings. The number of likely N-dealkylation sites (tertiary alicyclic amines) is 1. The maximum atomic E-state index is 12.1. The molecule has 5 nitrogen and oxygen atoms in total. The molecular formula is C18H24N4OS. The fraction of sp³-hybridized carbons (Fsp3) is 0.444. The van der Waals surface area contributed by atoms with Crippen LogP contribution < -0.4 is 10.6 Å². The molecule has 2 amide bonds. The van der Waals surface area contributed by atoms with Gasteiger partial charge in [0.25, 0.3) is 0 Å². The van der Waals surface area contributed by atoms with Gasteiger partial charge in [0.2, 0.25) is 0 Å². The minimum atomic E-state index is -0.114. The lowest BCUT2D eigenvalue weighted by molar-refractivity contribution is 0.123. The van der Waals surface area contributed by atoms with Crippen LogP contribution in [0.5, 0.6) is 0 Å². The second kappa shape index (κ2) is 8.26. The molecule has 128 valence electrons. The van der Waals surface area contributed by atoms with Gasteiger partial charge in [0.1, 0.15) is 0 Å². The lowest BCUT2D eigenvalue weighted by atomic mass is 9.88. The number of rotatable bonds is 5. The summed E-state index contributed by atoms with van der Waals surface area (Å²) in [6, 6.07) is 8.42. The molecule has 0 aliphatic carbocycles. The van der Waals surface area contributed by atoms with Crippen LogP contribution in [0.25, 0.3) is 0 Å². The highest BCUT2D eigenvalue weighted by Crippen LogP contribution is 2.36. The predicted octanol–water partition coefficient (Wildman–Crippen LogP) is 3.03. The molecular weight excluding hydrogens is 320 g/mol. The Balaban J connectivity index is 1.51. The Morgan fingerprint density at radius 1 is 1.38 bits per heavy atom. The lowest BCUT2D eigenvalue weighted by Gasteiger charge is -2.38. The predicted molar refractivity (Wildman–Crippen MR) is 96.9 cm³/mol. The maximum absolute atomic E-state index is 12.1. The summed E-state index contributed by atoms with van der Waals surface area (Å²) in [5.74, 6) is 0.451. The van der Waals surface area contributed by atoms with Gasteiger partial charge in [-0.1, -0.05) is 12.1 Å².